The highest BCUT2D eigenvalue weighted by molar-refractivity contribution is 7.19. The third-order valence-corrected chi connectivity index (χ3v) is 6.31. The van der Waals surface area contributed by atoms with Crippen molar-refractivity contribution in [2.24, 2.45) is 5.73 Å². The average Bonchev–Trinajstić information content (AvgIpc) is 3.44. The number of nitrogens with two attached hydrogens (primary N) is 2. The molecule has 1 aliphatic rings. The number of hydrogen-bond acceptors (Lipinski definition) is 8. The summed E-state index contributed by atoms with van der Waals surface area (Å²) in [5.41, 5.74) is 14.4. The van der Waals surface area contributed by atoms with Gasteiger partial charge in [0.25, 0.3) is 0 Å². The molecule has 3 aromatic heterocycles. The molecule has 1 aliphatic heterocycles. The minimum Gasteiger partial charge on any atom is -0.382 e. The first-order valence-corrected chi connectivity index (χ1v) is 10.2. The van der Waals surface area contributed by atoms with Gasteiger partial charge < -0.3 is 20.9 Å². The molecule has 8 nitrogen and oxygen atoms in total. The molecule has 0 spiro atoms. The zero-order chi connectivity index (χ0) is 20.8. The number of hydrogen-bond donors (Lipinski definition) is 2. The molecule has 1 atom stereocenters. The van der Waals surface area contributed by atoms with E-state index in [1.807, 2.05) is 4.57 Å². The van der Waals surface area contributed by atoms with Crippen molar-refractivity contribution in [1.82, 2.24) is 24.5 Å². The van der Waals surface area contributed by atoms with Crippen molar-refractivity contribution < 1.29 is 8.78 Å². The van der Waals surface area contributed by atoms with Crippen LogP contribution in [-0.2, 0) is 6.54 Å². The maximum absolute atomic E-state index is 13.8. The maximum Gasteiger partial charge on any atom is 0.165 e. The second-order valence-corrected chi connectivity index (χ2v) is 8.18. The molecular formula is C19H18F2N8S. The van der Waals surface area contributed by atoms with Crippen LogP contribution in [0.4, 0.5) is 19.6 Å². The molecule has 0 amide bonds. The molecule has 1 saturated heterocycles. The van der Waals surface area contributed by atoms with E-state index in [2.05, 4.69) is 19.9 Å². The second kappa shape index (κ2) is 7.26. The van der Waals surface area contributed by atoms with Crippen LogP contribution in [0.3, 0.4) is 0 Å². The van der Waals surface area contributed by atoms with Gasteiger partial charge in [0.05, 0.1) is 18.6 Å². The summed E-state index contributed by atoms with van der Waals surface area (Å²) in [7, 11) is 0. The Morgan fingerprint density at radius 1 is 1.17 bits per heavy atom. The van der Waals surface area contributed by atoms with Gasteiger partial charge in [-0.2, -0.15) is 0 Å². The van der Waals surface area contributed by atoms with Crippen LogP contribution in [0.25, 0.3) is 21.7 Å². The Balaban J connectivity index is 1.57. The van der Waals surface area contributed by atoms with Crippen molar-refractivity contribution in [3.05, 3.63) is 48.2 Å². The fraction of sp³-hybridized carbons (Fsp3) is 0.263. The summed E-state index contributed by atoms with van der Waals surface area (Å²) in [6, 6.07) is 3.90. The minimum absolute atomic E-state index is 0.0910. The molecule has 0 saturated carbocycles. The number of rotatable bonds is 4. The summed E-state index contributed by atoms with van der Waals surface area (Å²) >= 11 is 1.44. The number of nitrogens with zero attached hydrogens (tertiary/aromatic N) is 6. The minimum atomic E-state index is -0.901. The average molecular weight is 428 g/mol. The first-order chi connectivity index (χ1) is 14.5. The van der Waals surface area contributed by atoms with E-state index in [0.29, 0.717) is 40.6 Å². The number of fused-ring (bicyclic) bond motifs is 1. The predicted octanol–water partition coefficient (Wildman–Crippen LogP) is 2.40. The Bertz CT molecular complexity index is 1240. The van der Waals surface area contributed by atoms with E-state index in [1.54, 1.807) is 6.33 Å². The van der Waals surface area contributed by atoms with Gasteiger partial charge in [-0.1, -0.05) is 11.3 Å². The summed E-state index contributed by atoms with van der Waals surface area (Å²) in [5, 5.41) is 1.56. The highest BCUT2D eigenvalue weighted by Gasteiger charge is 2.26. The summed E-state index contributed by atoms with van der Waals surface area (Å²) in [6.07, 6.45) is 3.92. The van der Waals surface area contributed by atoms with Crippen LogP contribution in [0.5, 0.6) is 0 Å². The van der Waals surface area contributed by atoms with E-state index in [4.69, 9.17) is 16.5 Å². The summed E-state index contributed by atoms with van der Waals surface area (Å²) in [6.45, 7) is 1.92. The lowest BCUT2D eigenvalue weighted by molar-refractivity contribution is 0.509. The maximum atomic E-state index is 13.8. The van der Waals surface area contributed by atoms with E-state index in [9.17, 15) is 8.78 Å². The smallest absolute Gasteiger partial charge is 0.165 e. The number of aromatic nitrogens is 5. The third-order valence-electron chi connectivity index (χ3n) is 5.10. The molecule has 0 radical (unpaired) electrons. The van der Waals surface area contributed by atoms with Gasteiger partial charge in [-0.3, -0.25) is 0 Å². The molecule has 1 unspecified atom stereocenters. The molecular weight excluding hydrogens is 410 g/mol. The lowest BCUT2D eigenvalue weighted by Crippen LogP contribution is -2.26. The topological polar surface area (TPSA) is 112 Å². The van der Waals surface area contributed by atoms with Gasteiger partial charge >= 0.3 is 0 Å². The normalized spacial score (nSPS) is 16.6. The first kappa shape index (κ1) is 18.8. The van der Waals surface area contributed by atoms with Gasteiger partial charge in [0.2, 0.25) is 0 Å². The molecule has 30 heavy (non-hydrogen) atoms. The first-order valence-electron chi connectivity index (χ1n) is 9.36. The molecule has 1 fully saturated rings. The van der Waals surface area contributed by atoms with Crippen LogP contribution in [-0.4, -0.2) is 43.6 Å². The Hall–Kier alpha value is -3.18. The molecule has 11 heteroatoms. The molecule has 5 rings (SSSR count). The Kier molecular flexibility index (Phi) is 4.55. The molecule has 154 valence electrons. The van der Waals surface area contributed by atoms with Crippen molar-refractivity contribution in [3.63, 3.8) is 0 Å². The standard InChI is InChI=1S/C19H18F2N8S/c20-12-2-1-10(5-13(12)21)18-27-14(19(30-18)28-4-3-11(22)6-28)7-29-9-26-15-16(23)24-8-25-17(15)29/h1-2,5,8-9,11H,3-4,6-7,22H2,(H2,23,24,25). The van der Waals surface area contributed by atoms with Crippen molar-refractivity contribution in [2.45, 2.75) is 19.0 Å². The number of nitrogen functional groups attached to an aromatic ring is 1. The largest absolute Gasteiger partial charge is 0.382 e. The molecule has 1 aromatic carbocycles. The molecule has 4 N–H and O–H groups in total. The van der Waals surface area contributed by atoms with Gasteiger partial charge in [0.1, 0.15) is 21.9 Å². The van der Waals surface area contributed by atoms with E-state index in [-0.39, 0.29) is 6.04 Å². The molecule has 4 aromatic rings. The lowest BCUT2D eigenvalue weighted by atomic mass is 10.2. The van der Waals surface area contributed by atoms with E-state index in [1.165, 1.54) is 23.7 Å². The fourth-order valence-electron chi connectivity index (χ4n) is 3.59. The number of halogens is 2. The Labute approximate surface area is 174 Å². The van der Waals surface area contributed by atoms with Crippen LogP contribution >= 0.6 is 11.3 Å². The number of thiazole rings is 1. The second-order valence-electron chi connectivity index (χ2n) is 7.20. The van der Waals surface area contributed by atoms with Gasteiger partial charge in [0, 0.05) is 24.7 Å². The van der Waals surface area contributed by atoms with Crippen molar-refractivity contribution in [3.8, 4) is 10.6 Å². The SMILES string of the molecule is Nc1ncnc2c1ncn2Cc1nc(-c2ccc(F)c(F)c2)sc1N1CCC(N)C1. The van der Waals surface area contributed by atoms with E-state index in [0.717, 1.165) is 35.8 Å². The van der Waals surface area contributed by atoms with Crippen molar-refractivity contribution in [2.75, 3.05) is 23.7 Å². The number of anilines is 2. The van der Waals surface area contributed by atoms with Gasteiger partial charge in [0.15, 0.2) is 23.1 Å². The lowest BCUT2D eigenvalue weighted by Gasteiger charge is -2.17. The summed E-state index contributed by atoms with van der Waals surface area (Å²) < 4.78 is 29.0. The van der Waals surface area contributed by atoms with Crippen LogP contribution in [0.1, 0.15) is 12.1 Å². The monoisotopic (exact) mass is 428 g/mol. The van der Waals surface area contributed by atoms with E-state index < -0.39 is 11.6 Å². The van der Waals surface area contributed by atoms with Crippen LogP contribution in [0, 0.1) is 11.6 Å². The highest BCUT2D eigenvalue weighted by atomic mass is 32.1. The van der Waals surface area contributed by atoms with Crippen LogP contribution < -0.4 is 16.4 Å². The zero-order valence-corrected chi connectivity index (χ0v) is 16.6. The third kappa shape index (κ3) is 3.25. The van der Waals surface area contributed by atoms with Crippen molar-refractivity contribution in [1.29, 1.82) is 0 Å². The number of benzene rings is 1. The quantitative estimate of drug-likeness (QED) is 0.513. The molecule has 0 aliphatic carbocycles. The predicted molar refractivity (Wildman–Crippen MR) is 111 cm³/mol. The van der Waals surface area contributed by atoms with Gasteiger partial charge in [-0.05, 0) is 24.6 Å². The summed E-state index contributed by atoms with van der Waals surface area (Å²) in [4.78, 5) is 19.5. The molecule has 0 bridgehead atoms. The zero-order valence-electron chi connectivity index (χ0n) is 15.8. The van der Waals surface area contributed by atoms with Crippen LogP contribution in [0.15, 0.2) is 30.9 Å². The Morgan fingerprint density at radius 2 is 2.03 bits per heavy atom. The van der Waals surface area contributed by atoms with Crippen LogP contribution in [0.2, 0.25) is 0 Å². The van der Waals surface area contributed by atoms with Gasteiger partial charge in [-0.25, -0.2) is 28.7 Å². The molecule has 4 heterocycles. The van der Waals surface area contributed by atoms with Crippen molar-refractivity contribution >= 4 is 33.3 Å². The Morgan fingerprint density at radius 3 is 2.80 bits per heavy atom. The number of imidazole rings is 1. The van der Waals surface area contributed by atoms with E-state index >= 15 is 0 Å². The summed E-state index contributed by atoms with van der Waals surface area (Å²) in [5.74, 6) is -1.48. The fourth-order valence-corrected chi connectivity index (χ4v) is 4.70. The van der Waals surface area contributed by atoms with Gasteiger partial charge in [-0.15, -0.1) is 0 Å². The highest BCUT2D eigenvalue weighted by Crippen LogP contribution is 2.37.